The fraction of sp³-hybridized carbons (Fsp3) is 0.133. The molecule has 2 aromatic rings. The molecule has 0 saturated carbocycles. The molecule has 0 saturated heterocycles. The molecule has 6 nitrogen and oxygen atoms in total. The maximum atomic E-state index is 12.1. The molecule has 8 heteroatoms. The number of hydrogen-bond acceptors (Lipinski definition) is 6. The third-order valence-electron chi connectivity index (χ3n) is 2.85. The second-order valence-corrected chi connectivity index (χ2v) is 7.42. The minimum Gasteiger partial charge on any atom is -0.295 e. The number of aryl methyl sites for hydroxylation is 1. The van der Waals surface area contributed by atoms with Crippen LogP contribution in [0.5, 0.6) is 0 Å². The molecule has 0 spiro atoms. The van der Waals surface area contributed by atoms with Crippen LogP contribution in [-0.4, -0.2) is 25.1 Å². The molecule has 0 radical (unpaired) electrons. The smallest absolute Gasteiger partial charge is 0.264 e. The molecule has 1 N–H and O–H groups in total. The number of nitrogens with zero attached hydrogens (tertiary/aromatic N) is 1. The Labute approximate surface area is 137 Å². The molecule has 0 atom stereocenters. The molecular weight excluding hydrogens is 336 g/mol. The molecule has 0 fully saturated rings. The minimum atomic E-state index is -3.98. The molecular formula is C15H14N2O4S2. The van der Waals surface area contributed by atoms with Crippen LogP contribution >= 0.6 is 11.3 Å². The zero-order valence-electron chi connectivity index (χ0n) is 12.4. The van der Waals surface area contributed by atoms with Gasteiger partial charge in [-0.15, -0.1) is 11.3 Å². The Morgan fingerprint density at radius 2 is 1.87 bits per heavy atom. The summed E-state index contributed by atoms with van der Waals surface area (Å²) in [4.78, 5) is 26.9. The average molecular weight is 350 g/mol. The lowest BCUT2D eigenvalue weighted by Gasteiger charge is -2.05. The second-order valence-electron chi connectivity index (χ2n) is 4.68. The summed E-state index contributed by atoms with van der Waals surface area (Å²) in [7, 11) is -3.98. The fourth-order valence-electron chi connectivity index (χ4n) is 1.71. The Hall–Kier alpha value is -2.32. The van der Waals surface area contributed by atoms with Crippen LogP contribution in [-0.2, 0) is 14.8 Å². The van der Waals surface area contributed by atoms with E-state index in [0.717, 1.165) is 11.1 Å². The largest absolute Gasteiger partial charge is 0.295 e. The molecule has 0 aliphatic rings. The predicted molar refractivity (Wildman–Crippen MR) is 87.7 cm³/mol. The number of carbonyl (C=O) groups is 2. The Morgan fingerprint density at radius 3 is 2.39 bits per heavy atom. The van der Waals surface area contributed by atoms with Gasteiger partial charge in [-0.3, -0.25) is 9.59 Å². The highest BCUT2D eigenvalue weighted by Gasteiger charge is 2.16. The van der Waals surface area contributed by atoms with E-state index in [2.05, 4.69) is 4.98 Å². The molecule has 0 unspecified atom stereocenters. The maximum absolute atomic E-state index is 12.1. The van der Waals surface area contributed by atoms with E-state index in [4.69, 9.17) is 0 Å². The number of thiazole rings is 1. The first-order valence-corrected chi connectivity index (χ1v) is 8.92. The van der Waals surface area contributed by atoms with E-state index in [1.54, 1.807) is 5.38 Å². The van der Waals surface area contributed by atoms with Crippen molar-refractivity contribution in [2.75, 3.05) is 0 Å². The number of amides is 1. The van der Waals surface area contributed by atoms with Crippen molar-refractivity contribution in [2.24, 2.45) is 0 Å². The Morgan fingerprint density at radius 1 is 1.22 bits per heavy atom. The number of ketones is 1. The molecule has 0 aliphatic heterocycles. The molecule has 120 valence electrons. The van der Waals surface area contributed by atoms with Crippen molar-refractivity contribution in [1.29, 1.82) is 0 Å². The van der Waals surface area contributed by atoms with Crippen molar-refractivity contribution in [1.82, 2.24) is 9.71 Å². The van der Waals surface area contributed by atoms with Crippen molar-refractivity contribution in [2.45, 2.75) is 18.7 Å². The van der Waals surface area contributed by atoms with Crippen LogP contribution in [0, 0.1) is 6.92 Å². The summed E-state index contributed by atoms with van der Waals surface area (Å²) in [6.45, 7) is 3.22. The monoisotopic (exact) mass is 350 g/mol. The molecule has 1 aromatic carbocycles. The van der Waals surface area contributed by atoms with Gasteiger partial charge in [0.25, 0.3) is 15.9 Å². The summed E-state index contributed by atoms with van der Waals surface area (Å²) >= 11 is 1.43. The zero-order valence-corrected chi connectivity index (χ0v) is 14.1. The van der Waals surface area contributed by atoms with E-state index in [1.807, 2.05) is 11.6 Å². The van der Waals surface area contributed by atoms with Crippen molar-refractivity contribution < 1.29 is 18.0 Å². The third kappa shape index (κ3) is 4.57. The summed E-state index contributed by atoms with van der Waals surface area (Å²) in [5.41, 5.74) is 0.986. The van der Waals surface area contributed by atoms with Gasteiger partial charge in [0.1, 0.15) is 0 Å². The number of nitrogens with one attached hydrogen (secondary N) is 1. The summed E-state index contributed by atoms with van der Waals surface area (Å²) in [6, 6.07) is 5.35. The Kier molecular flexibility index (Phi) is 5.07. The first kappa shape index (κ1) is 17.0. The Balaban J connectivity index is 2.09. The first-order valence-electron chi connectivity index (χ1n) is 6.56. The van der Waals surface area contributed by atoms with Gasteiger partial charge in [0.2, 0.25) is 0 Å². The summed E-state index contributed by atoms with van der Waals surface area (Å²) in [5.74, 6) is -0.939. The topological polar surface area (TPSA) is 93.2 Å². The number of Topliss-reactive ketones (excluding diaryl/α,β-unsaturated/α-hetero) is 1. The molecule has 2 rings (SSSR count). The quantitative estimate of drug-likeness (QED) is 0.659. The molecule has 1 aromatic heterocycles. The molecule has 0 aliphatic carbocycles. The van der Waals surface area contributed by atoms with Crippen molar-refractivity contribution in [3.63, 3.8) is 0 Å². The van der Waals surface area contributed by atoms with Gasteiger partial charge in [-0.1, -0.05) is 12.1 Å². The SMILES string of the molecule is CC(=O)c1ccc(S(=O)(=O)NC(=O)C=Cc2csc(C)n2)cc1. The van der Waals surface area contributed by atoms with E-state index < -0.39 is 15.9 Å². The first-order chi connectivity index (χ1) is 10.8. The summed E-state index contributed by atoms with van der Waals surface area (Å²) < 4.78 is 26.1. The lowest BCUT2D eigenvalue weighted by Crippen LogP contribution is -2.29. The molecule has 1 heterocycles. The van der Waals surface area contributed by atoms with E-state index in [-0.39, 0.29) is 10.7 Å². The minimum absolute atomic E-state index is 0.0891. The maximum Gasteiger partial charge on any atom is 0.264 e. The van der Waals surface area contributed by atoms with E-state index >= 15 is 0 Å². The van der Waals surface area contributed by atoms with Crippen molar-refractivity contribution in [3.8, 4) is 0 Å². The van der Waals surface area contributed by atoms with E-state index in [1.165, 1.54) is 48.6 Å². The summed E-state index contributed by atoms with van der Waals surface area (Å²) in [5, 5.41) is 2.61. The van der Waals surface area contributed by atoms with Crippen LogP contribution < -0.4 is 4.72 Å². The zero-order chi connectivity index (χ0) is 17.0. The van der Waals surface area contributed by atoms with Gasteiger partial charge >= 0.3 is 0 Å². The van der Waals surface area contributed by atoms with Gasteiger partial charge < -0.3 is 0 Å². The van der Waals surface area contributed by atoms with E-state index in [9.17, 15) is 18.0 Å². The molecule has 23 heavy (non-hydrogen) atoms. The number of hydrogen-bond donors (Lipinski definition) is 1. The Bertz CT molecular complexity index is 865. The van der Waals surface area contributed by atoms with Crippen LogP contribution in [0.15, 0.2) is 40.6 Å². The lowest BCUT2D eigenvalue weighted by atomic mass is 10.2. The number of rotatable bonds is 5. The number of sulfonamides is 1. The van der Waals surface area contributed by atoms with E-state index in [0.29, 0.717) is 11.3 Å². The lowest BCUT2D eigenvalue weighted by molar-refractivity contribution is -0.114. The van der Waals surface area contributed by atoms with Gasteiger partial charge in [-0.25, -0.2) is 18.1 Å². The second kappa shape index (κ2) is 6.84. The van der Waals surface area contributed by atoms with Gasteiger partial charge in [0, 0.05) is 17.0 Å². The molecule has 0 bridgehead atoms. The van der Waals surface area contributed by atoms with Crippen LogP contribution in [0.2, 0.25) is 0 Å². The van der Waals surface area contributed by atoms with Crippen molar-refractivity contribution >= 4 is 39.1 Å². The average Bonchev–Trinajstić information content (AvgIpc) is 2.90. The predicted octanol–water partition coefficient (Wildman–Crippen LogP) is 2.17. The van der Waals surface area contributed by atoms with Crippen LogP contribution in [0.1, 0.15) is 28.0 Å². The van der Waals surface area contributed by atoms with Crippen molar-refractivity contribution in [3.05, 3.63) is 52.0 Å². The highest BCUT2D eigenvalue weighted by Crippen LogP contribution is 2.12. The van der Waals surface area contributed by atoms with Gasteiger partial charge in [0.05, 0.1) is 15.6 Å². The molecule has 1 amide bonds. The van der Waals surface area contributed by atoms with Gasteiger partial charge in [-0.05, 0) is 32.1 Å². The number of aromatic nitrogens is 1. The van der Waals surface area contributed by atoms with Gasteiger partial charge in [-0.2, -0.15) is 0 Å². The standard InChI is InChI=1S/C15H14N2O4S2/c1-10(18)12-3-6-14(7-4-12)23(20,21)17-15(19)8-5-13-9-22-11(2)16-13/h3-9H,1-2H3,(H,17,19). The summed E-state index contributed by atoms with van der Waals surface area (Å²) in [6.07, 6.45) is 2.54. The fourth-order valence-corrected chi connectivity index (χ4v) is 3.24. The normalized spacial score (nSPS) is 11.6. The van der Waals surface area contributed by atoms with Crippen LogP contribution in [0.25, 0.3) is 6.08 Å². The highest BCUT2D eigenvalue weighted by molar-refractivity contribution is 7.90. The third-order valence-corrected chi connectivity index (χ3v) is 5.00. The van der Waals surface area contributed by atoms with Gasteiger partial charge in [0.15, 0.2) is 5.78 Å². The number of carbonyl (C=O) groups excluding carboxylic acids is 2. The van der Waals surface area contributed by atoms with Crippen LogP contribution in [0.4, 0.5) is 0 Å². The highest BCUT2D eigenvalue weighted by atomic mass is 32.2. The number of benzene rings is 1. The van der Waals surface area contributed by atoms with Crippen LogP contribution in [0.3, 0.4) is 0 Å².